The maximum Gasteiger partial charge on any atom is 0.317 e. The lowest BCUT2D eigenvalue weighted by Crippen LogP contribution is -2.52. The highest BCUT2D eigenvalue weighted by molar-refractivity contribution is 5.80. The molecule has 2 aliphatic heterocycles. The van der Waals surface area contributed by atoms with Crippen LogP contribution in [0.5, 0.6) is 0 Å². The number of ether oxygens (including phenoxy) is 1. The van der Waals surface area contributed by atoms with Crippen LogP contribution in [0.4, 0.5) is 4.79 Å². The molecule has 0 spiro atoms. The first-order chi connectivity index (χ1) is 10.0. The Hall–Kier alpha value is -1.30. The summed E-state index contributed by atoms with van der Waals surface area (Å²) in [5.74, 6) is 0.00910. The Labute approximate surface area is 125 Å². The van der Waals surface area contributed by atoms with Crippen LogP contribution in [-0.2, 0) is 9.53 Å². The van der Waals surface area contributed by atoms with Crippen LogP contribution >= 0.6 is 0 Å². The summed E-state index contributed by atoms with van der Waals surface area (Å²) in [4.78, 5) is 28.0. The zero-order valence-electron chi connectivity index (χ0n) is 12.9. The van der Waals surface area contributed by atoms with E-state index in [-0.39, 0.29) is 30.1 Å². The largest absolute Gasteiger partial charge is 0.370 e. The van der Waals surface area contributed by atoms with Gasteiger partial charge in [-0.15, -0.1) is 0 Å². The van der Waals surface area contributed by atoms with E-state index >= 15 is 0 Å². The number of nitrogens with zero attached hydrogens (tertiary/aromatic N) is 2. The fourth-order valence-corrected chi connectivity index (χ4v) is 3.75. The summed E-state index contributed by atoms with van der Waals surface area (Å²) in [5, 5.41) is 3.12. The Morgan fingerprint density at radius 1 is 1.19 bits per heavy atom. The van der Waals surface area contributed by atoms with Crippen LogP contribution in [0.15, 0.2) is 0 Å². The van der Waals surface area contributed by atoms with Gasteiger partial charge in [0.15, 0.2) is 0 Å². The fourth-order valence-electron chi connectivity index (χ4n) is 3.75. The molecular formula is C15H25N3O3. The van der Waals surface area contributed by atoms with Crippen LogP contribution in [0.3, 0.4) is 0 Å². The molecule has 3 amide bonds. The van der Waals surface area contributed by atoms with Gasteiger partial charge in [-0.2, -0.15) is 0 Å². The molecule has 2 bridgehead atoms. The van der Waals surface area contributed by atoms with Crippen LogP contribution in [0.2, 0.25) is 0 Å². The van der Waals surface area contributed by atoms with Crippen molar-refractivity contribution in [3.05, 3.63) is 0 Å². The number of morpholine rings is 1. The van der Waals surface area contributed by atoms with E-state index in [0.717, 1.165) is 19.3 Å². The lowest BCUT2D eigenvalue weighted by molar-refractivity contribution is -0.135. The van der Waals surface area contributed by atoms with Gasteiger partial charge in [0.1, 0.15) is 0 Å². The molecule has 2 saturated heterocycles. The first kappa shape index (κ1) is 14.6. The summed E-state index contributed by atoms with van der Waals surface area (Å²) < 4.78 is 5.86. The lowest BCUT2D eigenvalue weighted by atomic mass is 9.99. The van der Waals surface area contributed by atoms with E-state index in [1.54, 1.807) is 19.0 Å². The number of rotatable bonds is 2. The van der Waals surface area contributed by atoms with Gasteiger partial charge < -0.3 is 19.9 Å². The highest BCUT2D eigenvalue weighted by Gasteiger charge is 2.46. The number of carbonyl (C=O) groups excluding carboxylic acids is 2. The monoisotopic (exact) mass is 295 g/mol. The molecule has 6 heteroatoms. The average Bonchev–Trinajstić information content (AvgIpc) is 3.05. The molecule has 0 aromatic heterocycles. The van der Waals surface area contributed by atoms with Crippen LogP contribution in [0, 0.1) is 5.92 Å². The van der Waals surface area contributed by atoms with Crippen molar-refractivity contribution in [1.82, 2.24) is 15.1 Å². The van der Waals surface area contributed by atoms with Crippen molar-refractivity contribution in [2.75, 3.05) is 27.2 Å². The highest BCUT2D eigenvalue weighted by Crippen LogP contribution is 2.33. The smallest absolute Gasteiger partial charge is 0.317 e. The average molecular weight is 295 g/mol. The molecule has 0 aromatic rings. The zero-order valence-corrected chi connectivity index (χ0v) is 12.9. The predicted octanol–water partition coefficient (Wildman–Crippen LogP) is 0.816. The number of likely N-dealkylation sites (tertiary alicyclic amines) is 1. The van der Waals surface area contributed by atoms with Crippen molar-refractivity contribution in [2.24, 2.45) is 5.92 Å². The molecule has 6 nitrogen and oxygen atoms in total. The quantitative estimate of drug-likeness (QED) is 0.820. The third kappa shape index (κ3) is 3.00. The molecule has 3 aliphatic rings. The second-order valence-electron chi connectivity index (χ2n) is 6.71. The molecule has 21 heavy (non-hydrogen) atoms. The Morgan fingerprint density at radius 2 is 1.90 bits per heavy atom. The van der Waals surface area contributed by atoms with Gasteiger partial charge in [-0.05, 0) is 19.3 Å². The minimum Gasteiger partial charge on any atom is -0.370 e. The number of hydrogen-bond acceptors (Lipinski definition) is 3. The van der Waals surface area contributed by atoms with E-state index in [2.05, 4.69) is 5.32 Å². The Balaban J connectivity index is 1.58. The van der Waals surface area contributed by atoms with Gasteiger partial charge in [0, 0.05) is 33.2 Å². The molecule has 1 saturated carbocycles. The van der Waals surface area contributed by atoms with Crippen LogP contribution < -0.4 is 5.32 Å². The Kier molecular flexibility index (Phi) is 4.06. The number of nitrogens with one attached hydrogen (secondary N) is 1. The Bertz CT molecular complexity index is 420. The fraction of sp³-hybridized carbons (Fsp3) is 0.867. The van der Waals surface area contributed by atoms with E-state index in [1.807, 2.05) is 4.90 Å². The summed E-state index contributed by atoms with van der Waals surface area (Å²) in [6.45, 7) is 1.13. The summed E-state index contributed by atoms with van der Waals surface area (Å²) in [6.07, 6.45) is 5.18. The normalized spacial score (nSPS) is 32.3. The van der Waals surface area contributed by atoms with Crippen LogP contribution in [0.1, 0.15) is 32.1 Å². The molecule has 0 aromatic carbocycles. The maximum atomic E-state index is 12.3. The molecule has 3 fully saturated rings. The van der Waals surface area contributed by atoms with Gasteiger partial charge in [0.25, 0.3) is 0 Å². The number of hydrogen-bond donors (Lipinski definition) is 1. The first-order valence-electron chi connectivity index (χ1n) is 7.96. The van der Waals surface area contributed by atoms with Crippen molar-refractivity contribution in [2.45, 2.75) is 50.4 Å². The maximum absolute atomic E-state index is 12.3. The Morgan fingerprint density at radius 3 is 2.57 bits per heavy atom. The summed E-state index contributed by atoms with van der Waals surface area (Å²) in [6, 6.07) is 0.343. The second kappa shape index (κ2) is 5.83. The SMILES string of the molecule is CN(C)C(=O)[C@@H]1C[C@H]2CN(C(=O)NC3CCCC3)C[C@H]1O2. The highest BCUT2D eigenvalue weighted by atomic mass is 16.5. The molecule has 0 radical (unpaired) electrons. The van der Waals surface area contributed by atoms with Gasteiger partial charge in [0.05, 0.1) is 18.1 Å². The second-order valence-corrected chi connectivity index (χ2v) is 6.71. The van der Waals surface area contributed by atoms with Gasteiger partial charge in [-0.25, -0.2) is 4.79 Å². The number of amides is 3. The van der Waals surface area contributed by atoms with E-state index in [1.165, 1.54) is 12.8 Å². The minimum atomic E-state index is -0.145. The van der Waals surface area contributed by atoms with E-state index in [9.17, 15) is 9.59 Å². The van der Waals surface area contributed by atoms with Gasteiger partial charge in [0.2, 0.25) is 5.91 Å². The summed E-state index contributed by atoms with van der Waals surface area (Å²) in [5.41, 5.74) is 0. The van der Waals surface area contributed by atoms with Crippen LogP contribution in [0.25, 0.3) is 0 Å². The van der Waals surface area contributed by atoms with Crippen LogP contribution in [-0.4, -0.2) is 67.2 Å². The molecule has 1 aliphatic carbocycles. The van der Waals surface area contributed by atoms with E-state index in [4.69, 9.17) is 4.74 Å². The van der Waals surface area contributed by atoms with Crippen molar-refractivity contribution in [3.63, 3.8) is 0 Å². The van der Waals surface area contributed by atoms with Crippen molar-refractivity contribution in [3.8, 4) is 0 Å². The van der Waals surface area contributed by atoms with Gasteiger partial charge in [-0.3, -0.25) is 4.79 Å². The minimum absolute atomic E-state index is 0.00646. The number of carbonyl (C=O) groups is 2. The number of fused-ring (bicyclic) bond motifs is 2. The van der Waals surface area contributed by atoms with Crippen molar-refractivity contribution in [1.29, 1.82) is 0 Å². The van der Waals surface area contributed by atoms with E-state index in [0.29, 0.717) is 19.1 Å². The molecule has 3 rings (SSSR count). The number of urea groups is 1. The predicted molar refractivity (Wildman–Crippen MR) is 77.8 cm³/mol. The van der Waals surface area contributed by atoms with E-state index < -0.39 is 0 Å². The third-order valence-corrected chi connectivity index (χ3v) is 4.89. The first-order valence-corrected chi connectivity index (χ1v) is 7.96. The zero-order chi connectivity index (χ0) is 15.0. The summed E-state index contributed by atoms with van der Waals surface area (Å²) >= 11 is 0. The molecule has 3 atom stereocenters. The summed E-state index contributed by atoms with van der Waals surface area (Å²) in [7, 11) is 3.55. The topological polar surface area (TPSA) is 61.9 Å². The third-order valence-electron chi connectivity index (χ3n) is 4.89. The molecule has 1 N–H and O–H groups in total. The molecule has 118 valence electrons. The molecule has 0 unspecified atom stereocenters. The lowest BCUT2D eigenvalue weighted by Gasteiger charge is -2.33. The van der Waals surface area contributed by atoms with Gasteiger partial charge in [-0.1, -0.05) is 12.8 Å². The van der Waals surface area contributed by atoms with Gasteiger partial charge >= 0.3 is 6.03 Å². The molecule has 2 heterocycles. The molecular weight excluding hydrogens is 270 g/mol. The van der Waals surface area contributed by atoms with Crippen molar-refractivity contribution < 1.29 is 14.3 Å². The standard InChI is InChI=1S/C15H25N3O3/c1-17(2)14(19)12-7-11-8-18(9-13(12)21-11)15(20)16-10-5-3-4-6-10/h10-13H,3-9H2,1-2H3,(H,16,20)/t11-,12+,13+/m0/s1. The van der Waals surface area contributed by atoms with Crippen molar-refractivity contribution >= 4 is 11.9 Å².